The van der Waals surface area contributed by atoms with Gasteiger partial charge < -0.3 is 0 Å². The van der Waals surface area contributed by atoms with Crippen LogP contribution in [0.3, 0.4) is 0 Å². The second-order valence-electron chi connectivity index (χ2n) is 0.621. The Bertz CT molecular complexity index is 48.9. The number of allylic oxidation sites excluding steroid dienone is 3. The van der Waals surface area contributed by atoms with Crippen molar-refractivity contribution in [1.29, 1.82) is 0 Å². The Hall–Kier alpha value is 1.56. The van der Waals surface area contributed by atoms with Crippen LogP contribution in [0.5, 0.6) is 0 Å². The summed E-state index contributed by atoms with van der Waals surface area (Å²) in [7, 11) is 0. The molecule has 0 saturated heterocycles. The van der Waals surface area contributed by atoms with Gasteiger partial charge in [-0.2, -0.15) is 0 Å². The molecule has 0 aliphatic carbocycles. The molecule has 0 spiro atoms. The van der Waals surface area contributed by atoms with Crippen LogP contribution < -0.4 is 0 Å². The van der Waals surface area contributed by atoms with Gasteiger partial charge in [-0.25, -0.2) is 25.2 Å². The van der Waals surface area contributed by atoms with Crippen molar-refractivity contribution < 1.29 is 65.4 Å². The molecular weight excluding hydrogens is 262 g/mol. The average Bonchev–Trinajstić information content (AvgIpc) is 1.75. The topological polar surface area (TPSA) is 0 Å². The van der Waals surface area contributed by atoms with Crippen molar-refractivity contribution in [3.05, 3.63) is 31.7 Å². The summed E-state index contributed by atoms with van der Waals surface area (Å²) < 4.78 is 0. The van der Waals surface area contributed by atoms with Gasteiger partial charge >= 0.3 is 0 Å². The van der Waals surface area contributed by atoms with Crippen molar-refractivity contribution in [2.75, 3.05) is 0 Å². The van der Waals surface area contributed by atoms with Crippen LogP contribution in [0.2, 0.25) is 0 Å². The van der Waals surface area contributed by atoms with E-state index < -0.39 is 0 Å². The minimum absolute atomic E-state index is 0. The van der Waals surface area contributed by atoms with E-state index in [9.17, 15) is 0 Å². The summed E-state index contributed by atoms with van der Waals surface area (Å²) in [5, 5.41) is 0. The smallest absolute Gasteiger partial charge is 0 e. The van der Waals surface area contributed by atoms with Crippen LogP contribution in [0.4, 0.5) is 0 Å². The first-order valence-corrected chi connectivity index (χ1v) is 2.41. The second kappa shape index (κ2) is 33.7. The summed E-state index contributed by atoms with van der Waals surface area (Å²) in [5.41, 5.74) is 0. The molecule has 0 aliphatic heterocycles. The first-order chi connectivity index (χ1) is 3.41. The zero-order chi connectivity index (χ0) is 6.12. The van der Waals surface area contributed by atoms with E-state index in [0.717, 1.165) is 0 Å². The summed E-state index contributed by atoms with van der Waals surface area (Å²) in [6.45, 7) is 12.3. The zero-order valence-electron chi connectivity index (χ0n) is 6.17. The van der Waals surface area contributed by atoms with Gasteiger partial charge in [-0.05, 0) is 0 Å². The van der Waals surface area contributed by atoms with E-state index in [0.29, 0.717) is 0 Å². The predicted molar refractivity (Wildman–Crippen MR) is 34.7 cm³/mol. The molecule has 0 unspecified atom stereocenters. The van der Waals surface area contributed by atoms with Crippen molar-refractivity contribution in [3.63, 3.8) is 0 Å². The Morgan fingerprint density at radius 3 is 1.56 bits per heavy atom. The number of hydrogen-bond acceptors (Lipinski definition) is 0. The minimum Gasteiger partial charge on any atom is -0.293 e. The summed E-state index contributed by atoms with van der Waals surface area (Å²) >= 11 is 0. The third kappa shape index (κ3) is 43.1. The van der Waals surface area contributed by atoms with Gasteiger partial charge in [0.1, 0.15) is 0 Å². The van der Waals surface area contributed by atoms with Crippen LogP contribution in [0.1, 0.15) is 13.8 Å². The summed E-state index contributed by atoms with van der Waals surface area (Å²) in [4.78, 5) is 0. The summed E-state index contributed by atoms with van der Waals surface area (Å²) in [5.74, 6) is 0. The first-order valence-electron chi connectivity index (χ1n) is 2.41. The Kier molecular flexibility index (Phi) is 84.0. The molecule has 0 amide bonds. The van der Waals surface area contributed by atoms with Crippen LogP contribution >= 0.6 is 0 Å². The van der Waals surface area contributed by atoms with Gasteiger partial charge in [-0.1, -0.05) is 13.8 Å². The van der Waals surface area contributed by atoms with Gasteiger partial charge in [0, 0.05) is 65.4 Å². The van der Waals surface area contributed by atoms with Gasteiger partial charge in [-0.3, -0.25) is 6.58 Å². The molecule has 0 saturated carbocycles. The van der Waals surface area contributed by atoms with E-state index in [1.54, 1.807) is 12.2 Å². The normalized spacial score (nSPS) is 5.56. The Morgan fingerprint density at radius 1 is 1.22 bits per heavy atom. The zero-order valence-corrected chi connectivity index (χ0v) is 11.8. The average molecular weight is 274 g/mol. The molecule has 0 fully saturated rings. The van der Waals surface area contributed by atoms with Crippen LogP contribution in [-0.2, 0) is 65.4 Å². The molecule has 0 rings (SSSR count). The fourth-order valence-electron chi connectivity index (χ4n) is 0.0786. The fraction of sp³-hybridized carbons (Fsp3) is 0.286. The molecule has 0 bridgehead atoms. The predicted octanol–water partition coefficient (Wildman–Crippen LogP) is 2.39. The monoisotopic (exact) mass is 274 g/mol. The van der Waals surface area contributed by atoms with Crippen molar-refractivity contribution >= 4 is 0 Å². The molecule has 0 atom stereocenters. The second-order valence-corrected chi connectivity index (χ2v) is 0.621. The third-order valence-corrected chi connectivity index (χ3v) is 0.247. The van der Waals surface area contributed by atoms with E-state index >= 15 is 0 Å². The Balaban J connectivity index is -0.0000000286. The van der Waals surface area contributed by atoms with Gasteiger partial charge in [0.15, 0.2) is 0 Å². The van der Waals surface area contributed by atoms with Crippen molar-refractivity contribution in [1.82, 2.24) is 0 Å². The van der Waals surface area contributed by atoms with E-state index in [4.69, 9.17) is 6.58 Å². The maximum atomic E-state index is 4.89. The maximum Gasteiger partial charge on any atom is 0 e. The van der Waals surface area contributed by atoms with Gasteiger partial charge in [0.05, 0.1) is 0 Å². The van der Waals surface area contributed by atoms with Gasteiger partial charge in [-0.15, -0.1) is 0 Å². The fourth-order valence-corrected chi connectivity index (χ4v) is 0.0786. The van der Waals surface area contributed by atoms with Crippen molar-refractivity contribution in [3.8, 4) is 0 Å². The maximum absolute atomic E-state index is 4.89. The summed E-state index contributed by atoms with van der Waals surface area (Å²) in [6.07, 6.45) is 4.73. The third-order valence-electron chi connectivity index (χ3n) is 0.247. The van der Waals surface area contributed by atoms with Crippen LogP contribution in [0, 0.1) is 13.5 Å². The van der Waals surface area contributed by atoms with Gasteiger partial charge in [0.2, 0.25) is 0 Å². The SMILES string of the molecule is CC.[CH-]=CC=C[CH2-].[Y].[Y]. The van der Waals surface area contributed by atoms with Crippen molar-refractivity contribution in [2.24, 2.45) is 0 Å². The van der Waals surface area contributed by atoms with E-state index in [-0.39, 0.29) is 65.4 Å². The van der Waals surface area contributed by atoms with Crippen LogP contribution in [0.25, 0.3) is 0 Å². The van der Waals surface area contributed by atoms with E-state index in [1.165, 1.54) is 6.08 Å². The van der Waals surface area contributed by atoms with Crippen LogP contribution in [0.15, 0.2) is 18.2 Å². The Labute approximate surface area is 109 Å². The molecular formula is C7H12Y2-2. The first kappa shape index (κ1) is 22.4. The minimum atomic E-state index is 0. The summed E-state index contributed by atoms with van der Waals surface area (Å²) in [6, 6.07) is 0. The molecule has 0 N–H and O–H groups in total. The molecule has 48 valence electrons. The van der Waals surface area contributed by atoms with Crippen LogP contribution in [-0.4, -0.2) is 0 Å². The molecule has 0 heterocycles. The molecule has 0 nitrogen and oxygen atoms in total. The van der Waals surface area contributed by atoms with Gasteiger partial charge in [0.25, 0.3) is 0 Å². The molecule has 0 aromatic rings. The molecule has 9 heavy (non-hydrogen) atoms. The van der Waals surface area contributed by atoms with E-state index in [2.05, 4.69) is 6.92 Å². The van der Waals surface area contributed by atoms with Crippen molar-refractivity contribution in [2.45, 2.75) is 13.8 Å². The molecule has 2 radical (unpaired) electrons. The largest absolute Gasteiger partial charge is 0.293 e. The Morgan fingerprint density at radius 2 is 1.56 bits per heavy atom. The number of hydrogen-bond donors (Lipinski definition) is 0. The number of rotatable bonds is 1. The molecule has 0 aliphatic rings. The molecule has 0 aromatic heterocycles. The standard InChI is InChI=1S/C5H6.C2H6.2Y/c1-3-5-4-2;1-2;;/h1,3-5H,2H2;1-2H3;;/q-2;;;. The molecule has 0 aromatic carbocycles. The molecule has 2 heteroatoms. The van der Waals surface area contributed by atoms with E-state index in [1.807, 2.05) is 13.8 Å². The quantitative estimate of drug-likeness (QED) is 0.508.